The van der Waals surface area contributed by atoms with Gasteiger partial charge in [0.15, 0.2) is 5.13 Å². The molecule has 3 rings (SSSR count). The molecule has 1 atom stereocenters. The molecule has 0 spiro atoms. The Kier molecular flexibility index (Phi) is 4.17. The van der Waals surface area contributed by atoms with Gasteiger partial charge in [-0.25, -0.2) is 4.98 Å². The van der Waals surface area contributed by atoms with Crippen LogP contribution in [0.5, 0.6) is 0 Å². The number of nitrogens with one attached hydrogen (secondary N) is 1. The van der Waals surface area contributed by atoms with E-state index in [-0.39, 0.29) is 24.2 Å². The van der Waals surface area contributed by atoms with Gasteiger partial charge in [-0.15, -0.1) is 11.3 Å². The lowest BCUT2D eigenvalue weighted by Gasteiger charge is -2.18. The van der Waals surface area contributed by atoms with Crippen LogP contribution in [0.1, 0.15) is 23.2 Å². The molecule has 1 saturated heterocycles. The number of aromatic nitrogens is 1. The normalized spacial score (nSPS) is 17.6. The minimum absolute atomic E-state index is 0.00882. The van der Waals surface area contributed by atoms with Crippen LogP contribution in [-0.4, -0.2) is 23.3 Å². The number of thiazole rings is 1. The number of aryl methyl sites for hydroxylation is 3. The molecule has 1 aliphatic heterocycles. The summed E-state index contributed by atoms with van der Waals surface area (Å²) in [5.41, 5.74) is 3.97. The van der Waals surface area contributed by atoms with E-state index in [0.717, 1.165) is 22.5 Å². The van der Waals surface area contributed by atoms with Crippen LogP contribution in [0.15, 0.2) is 23.6 Å². The topological polar surface area (TPSA) is 62.3 Å². The summed E-state index contributed by atoms with van der Waals surface area (Å²) in [6.07, 6.45) is 0.239. The van der Waals surface area contributed by atoms with E-state index < -0.39 is 0 Å². The highest BCUT2D eigenvalue weighted by atomic mass is 32.1. The smallest absolute Gasteiger partial charge is 0.231 e. The number of hydrogen-bond donors (Lipinski definition) is 1. The average molecular weight is 329 g/mol. The second-order valence-electron chi connectivity index (χ2n) is 6.03. The zero-order chi connectivity index (χ0) is 16.6. The van der Waals surface area contributed by atoms with Gasteiger partial charge in [0.25, 0.3) is 0 Å². The molecule has 0 aliphatic carbocycles. The van der Waals surface area contributed by atoms with E-state index in [4.69, 9.17) is 0 Å². The number of carbonyl (C=O) groups excluding carboxylic acids is 2. The molecular formula is C17H19N3O2S. The molecule has 2 aromatic rings. The van der Waals surface area contributed by atoms with E-state index in [1.807, 2.05) is 38.3 Å². The van der Waals surface area contributed by atoms with E-state index in [9.17, 15) is 9.59 Å². The lowest BCUT2D eigenvalue weighted by atomic mass is 10.1. The molecule has 120 valence electrons. The predicted molar refractivity (Wildman–Crippen MR) is 91.9 cm³/mol. The summed E-state index contributed by atoms with van der Waals surface area (Å²) >= 11 is 1.40. The van der Waals surface area contributed by atoms with E-state index in [2.05, 4.69) is 16.4 Å². The molecule has 1 aliphatic rings. The molecular weight excluding hydrogens is 310 g/mol. The first kappa shape index (κ1) is 15.7. The van der Waals surface area contributed by atoms with Gasteiger partial charge in [-0.1, -0.05) is 6.07 Å². The van der Waals surface area contributed by atoms with Crippen LogP contribution in [0.25, 0.3) is 0 Å². The van der Waals surface area contributed by atoms with E-state index in [1.165, 1.54) is 11.3 Å². The van der Waals surface area contributed by atoms with Crippen molar-refractivity contribution in [2.45, 2.75) is 27.2 Å². The fourth-order valence-corrected chi connectivity index (χ4v) is 3.55. The fraction of sp³-hybridized carbons (Fsp3) is 0.353. The summed E-state index contributed by atoms with van der Waals surface area (Å²) in [5.74, 6) is -0.488. The summed E-state index contributed by atoms with van der Waals surface area (Å²) in [5, 5.41) is 5.28. The first-order valence-corrected chi connectivity index (χ1v) is 8.42. The lowest BCUT2D eigenvalue weighted by molar-refractivity contribution is -0.122. The molecule has 1 aromatic heterocycles. The van der Waals surface area contributed by atoms with Crippen molar-refractivity contribution in [3.8, 4) is 0 Å². The van der Waals surface area contributed by atoms with Crippen LogP contribution in [0.2, 0.25) is 0 Å². The van der Waals surface area contributed by atoms with Gasteiger partial charge in [0.05, 0.1) is 11.6 Å². The molecule has 0 bridgehead atoms. The number of carbonyl (C=O) groups is 2. The Bertz CT molecular complexity index is 749. The summed E-state index contributed by atoms with van der Waals surface area (Å²) < 4.78 is 0. The molecule has 1 fully saturated rings. The molecule has 2 heterocycles. The maximum absolute atomic E-state index is 12.4. The highest BCUT2D eigenvalue weighted by Crippen LogP contribution is 2.28. The fourth-order valence-electron chi connectivity index (χ4n) is 2.86. The van der Waals surface area contributed by atoms with Crippen molar-refractivity contribution < 1.29 is 9.59 Å². The Labute approximate surface area is 139 Å². The number of nitrogens with zero attached hydrogens (tertiary/aromatic N) is 2. The highest BCUT2D eigenvalue weighted by molar-refractivity contribution is 7.13. The van der Waals surface area contributed by atoms with Gasteiger partial charge in [0.2, 0.25) is 11.8 Å². The minimum Gasteiger partial charge on any atom is -0.312 e. The summed E-state index contributed by atoms with van der Waals surface area (Å²) in [7, 11) is 0. The third-order valence-electron chi connectivity index (χ3n) is 3.86. The molecule has 0 unspecified atom stereocenters. The van der Waals surface area contributed by atoms with Crippen molar-refractivity contribution in [1.29, 1.82) is 0 Å². The Morgan fingerprint density at radius 1 is 1.26 bits per heavy atom. The SMILES string of the molecule is Cc1cc(C)cc(N2C[C@H](C(=O)Nc3nc(C)cs3)CC2=O)c1. The first-order valence-electron chi connectivity index (χ1n) is 7.54. The van der Waals surface area contributed by atoms with Gasteiger partial charge < -0.3 is 10.2 Å². The van der Waals surface area contributed by atoms with Crippen molar-refractivity contribution in [3.63, 3.8) is 0 Å². The molecule has 2 amide bonds. The quantitative estimate of drug-likeness (QED) is 0.941. The Morgan fingerprint density at radius 2 is 1.96 bits per heavy atom. The predicted octanol–water partition coefficient (Wildman–Crippen LogP) is 3.06. The Balaban J connectivity index is 1.72. The van der Waals surface area contributed by atoms with E-state index >= 15 is 0 Å². The number of amides is 2. The maximum atomic E-state index is 12.4. The van der Waals surface area contributed by atoms with Gasteiger partial charge in [-0.2, -0.15) is 0 Å². The van der Waals surface area contributed by atoms with Gasteiger partial charge in [-0.05, 0) is 44.0 Å². The monoisotopic (exact) mass is 329 g/mol. The number of hydrogen-bond acceptors (Lipinski definition) is 4. The van der Waals surface area contributed by atoms with Crippen molar-refractivity contribution in [3.05, 3.63) is 40.4 Å². The van der Waals surface area contributed by atoms with Crippen LogP contribution < -0.4 is 10.2 Å². The van der Waals surface area contributed by atoms with Crippen LogP contribution in [0, 0.1) is 26.7 Å². The van der Waals surface area contributed by atoms with Crippen molar-refractivity contribution in [2.24, 2.45) is 5.92 Å². The third kappa shape index (κ3) is 3.42. The van der Waals surface area contributed by atoms with Crippen LogP contribution in [-0.2, 0) is 9.59 Å². The van der Waals surface area contributed by atoms with Crippen LogP contribution >= 0.6 is 11.3 Å². The van der Waals surface area contributed by atoms with Gasteiger partial charge in [0.1, 0.15) is 0 Å². The summed E-state index contributed by atoms with van der Waals surface area (Å²) in [6, 6.07) is 6.03. The van der Waals surface area contributed by atoms with E-state index in [1.54, 1.807) is 4.90 Å². The largest absolute Gasteiger partial charge is 0.312 e. The second kappa shape index (κ2) is 6.12. The van der Waals surface area contributed by atoms with Crippen LogP contribution in [0.3, 0.4) is 0 Å². The van der Waals surface area contributed by atoms with E-state index in [0.29, 0.717) is 11.7 Å². The molecule has 1 N–H and O–H groups in total. The zero-order valence-corrected chi connectivity index (χ0v) is 14.2. The average Bonchev–Trinajstić information content (AvgIpc) is 3.04. The maximum Gasteiger partial charge on any atom is 0.231 e. The van der Waals surface area contributed by atoms with Crippen molar-refractivity contribution >= 4 is 34.0 Å². The molecule has 0 radical (unpaired) electrons. The summed E-state index contributed by atoms with van der Waals surface area (Å²) in [6.45, 7) is 6.31. The molecule has 23 heavy (non-hydrogen) atoms. The van der Waals surface area contributed by atoms with Crippen LogP contribution in [0.4, 0.5) is 10.8 Å². The molecule has 6 heteroatoms. The Morgan fingerprint density at radius 3 is 2.57 bits per heavy atom. The lowest BCUT2D eigenvalue weighted by Crippen LogP contribution is -2.28. The van der Waals surface area contributed by atoms with Gasteiger partial charge >= 0.3 is 0 Å². The minimum atomic E-state index is -0.340. The second-order valence-corrected chi connectivity index (χ2v) is 6.89. The Hall–Kier alpha value is -2.21. The third-order valence-corrected chi connectivity index (χ3v) is 4.74. The highest BCUT2D eigenvalue weighted by Gasteiger charge is 2.35. The van der Waals surface area contributed by atoms with Crippen molar-refractivity contribution in [2.75, 3.05) is 16.8 Å². The number of anilines is 2. The van der Waals surface area contributed by atoms with Gasteiger partial charge in [0, 0.05) is 24.0 Å². The van der Waals surface area contributed by atoms with Crippen molar-refractivity contribution in [1.82, 2.24) is 4.98 Å². The molecule has 0 saturated carbocycles. The zero-order valence-electron chi connectivity index (χ0n) is 13.4. The van der Waals surface area contributed by atoms with Gasteiger partial charge in [-0.3, -0.25) is 9.59 Å². The number of rotatable bonds is 3. The molecule has 1 aromatic carbocycles. The molecule has 5 nitrogen and oxygen atoms in total. The first-order chi connectivity index (χ1) is 10.9. The standard InChI is InChI=1S/C17H19N3O2S/c1-10-4-11(2)6-14(5-10)20-8-13(7-15(20)21)16(22)19-17-18-12(3)9-23-17/h4-6,9,13H,7-8H2,1-3H3,(H,18,19,22)/t13-/m1/s1. The number of benzene rings is 1. The summed E-state index contributed by atoms with van der Waals surface area (Å²) in [4.78, 5) is 30.6.